The van der Waals surface area contributed by atoms with Gasteiger partial charge in [-0.3, -0.25) is 9.79 Å². The number of nitrogens with zero attached hydrogens (tertiary/aromatic N) is 3. The van der Waals surface area contributed by atoms with Gasteiger partial charge in [-0.15, -0.1) is 0 Å². The number of hydrogen-bond acceptors (Lipinski definition) is 4. The molecule has 0 bridgehead atoms. The van der Waals surface area contributed by atoms with Crippen LogP contribution in [0.5, 0.6) is 0 Å². The third-order valence-corrected chi connectivity index (χ3v) is 4.26. The summed E-state index contributed by atoms with van der Waals surface area (Å²) in [4.78, 5) is 23.1. The Kier molecular flexibility index (Phi) is 3.78. The van der Waals surface area contributed by atoms with Gasteiger partial charge >= 0.3 is 0 Å². The normalized spacial score (nSPS) is 25.7. The molecule has 124 valence electrons. The number of amides is 1. The lowest BCUT2D eigenvalue weighted by molar-refractivity contribution is -0.130. The molecule has 1 saturated heterocycles. The minimum absolute atomic E-state index is 0.109. The first-order valence-corrected chi connectivity index (χ1v) is 8.15. The second-order valence-electron chi connectivity index (χ2n) is 7.41. The molecule has 0 aromatic carbocycles. The zero-order valence-corrected chi connectivity index (χ0v) is 14.3. The molecule has 1 unspecified atom stereocenters. The van der Waals surface area contributed by atoms with Crippen LogP contribution >= 0.6 is 0 Å². The van der Waals surface area contributed by atoms with Crippen molar-refractivity contribution in [2.75, 3.05) is 23.7 Å². The maximum absolute atomic E-state index is 11.9. The lowest BCUT2D eigenvalue weighted by Gasteiger charge is -2.47. The summed E-state index contributed by atoms with van der Waals surface area (Å²) in [6.45, 7) is 9.30. The van der Waals surface area contributed by atoms with Gasteiger partial charge in [0.05, 0.1) is 17.8 Å². The monoisotopic (exact) mass is 315 g/mol. The van der Waals surface area contributed by atoms with E-state index in [1.807, 2.05) is 17.0 Å². The summed E-state index contributed by atoms with van der Waals surface area (Å²) < 4.78 is 0. The molecule has 23 heavy (non-hydrogen) atoms. The van der Waals surface area contributed by atoms with E-state index in [4.69, 9.17) is 4.99 Å². The number of piperidine rings is 1. The van der Waals surface area contributed by atoms with Crippen LogP contribution in [0.3, 0.4) is 0 Å². The molecular formula is C17H25N5O. The molecule has 0 aliphatic carbocycles. The van der Waals surface area contributed by atoms with E-state index in [1.54, 1.807) is 13.1 Å². The van der Waals surface area contributed by atoms with E-state index < -0.39 is 0 Å². The van der Waals surface area contributed by atoms with E-state index in [1.165, 1.54) is 0 Å². The Morgan fingerprint density at radius 3 is 2.91 bits per heavy atom. The Balaban J connectivity index is 2.04. The lowest BCUT2D eigenvalue weighted by Crippen LogP contribution is -2.62. The smallest absolute Gasteiger partial charge is 0.219 e. The van der Waals surface area contributed by atoms with Gasteiger partial charge in [-0.05, 0) is 45.7 Å². The zero-order chi connectivity index (χ0) is 16.7. The van der Waals surface area contributed by atoms with Crippen LogP contribution in [0, 0.1) is 0 Å². The van der Waals surface area contributed by atoms with Gasteiger partial charge in [0.25, 0.3) is 0 Å². The molecule has 2 aliphatic heterocycles. The molecular weight excluding hydrogens is 290 g/mol. The Bertz CT molecular complexity index is 649. The Morgan fingerprint density at radius 1 is 1.43 bits per heavy atom. The summed E-state index contributed by atoms with van der Waals surface area (Å²) in [6.07, 6.45) is 3.66. The van der Waals surface area contributed by atoms with Crippen molar-refractivity contribution in [2.45, 2.75) is 51.6 Å². The molecule has 1 spiro atoms. The fraction of sp³-hybridized carbons (Fsp3) is 0.588. The van der Waals surface area contributed by atoms with Crippen molar-refractivity contribution >= 4 is 23.2 Å². The van der Waals surface area contributed by atoms with Gasteiger partial charge in [0, 0.05) is 19.7 Å². The van der Waals surface area contributed by atoms with Crippen molar-refractivity contribution in [2.24, 2.45) is 4.99 Å². The number of amidine groups is 1. The molecule has 1 fully saturated rings. The number of anilines is 2. The predicted molar refractivity (Wildman–Crippen MR) is 92.9 cm³/mol. The van der Waals surface area contributed by atoms with Gasteiger partial charge in [-0.25, -0.2) is 4.98 Å². The van der Waals surface area contributed by atoms with Gasteiger partial charge in [-0.2, -0.15) is 0 Å². The van der Waals surface area contributed by atoms with Crippen molar-refractivity contribution in [1.82, 2.24) is 9.88 Å². The first-order valence-electron chi connectivity index (χ1n) is 8.15. The van der Waals surface area contributed by atoms with E-state index in [2.05, 4.69) is 36.4 Å². The van der Waals surface area contributed by atoms with Crippen molar-refractivity contribution in [3.05, 3.63) is 18.3 Å². The maximum atomic E-state index is 11.9. The summed E-state index contributed by atoms with van der Waals surface area (Å²) in [5.41, 5.74) is 0.389. The number of likely N-dealkylation sites (tertiary alicyclic amines) is 1. The second-order valence-corrected chi connectivity index (χ2v) is 7.41. The minimum atomic E-state index is -0.368. The average Bonchev–Trinajstić information content (AvgIpc) is 2.47. The summed E-state index contributed by atoms with van der Waals surface area (Å²) in [5, 5.41) is 7.03. The van der Waals surface area contributed by atoms with E-state index in [-0.39, 0.29) is 17.0 Å². The van der Waals surface area contributed by atoms with Gasteiger partial charge in [0.2, 0.25) is 5.91 Å². The van der Waals surface area contributed by atoms with Crippen LogP contribution in [0.2, 0.25) is 0 Å². The van der Waals surface area contributed by atoms with Crippen LogP contribution in [0.1, 0.15) is 40.5 Å². The topological polar surface area (TPSA) is 69.6 Å². The van der Waals surface area contributed by atoms with Crippen molar-refractivity contribution < 1.29 is 4.79 Å². The third kappa shape index (κ3) is 3.16. The number of hydrogen-bond donors (Lipinski definition) is 2. The highest BCUT2D eigenvalue weighted by molar-refractivity contribution is 6.09. The highest BCUT2D eigenvalue weighted by Gasteiger charge is 2.44. The highest BCUT2D eigenvalue weighted by atomic mass is 16.2. The molecule has 2 N–H and O–H groups in total. The lowest BCUT2D eigenvalue weighted by atomic mass is 9.85. The number of aliphatic imine (C=N–C) groups is 1. The van der Waals surface area contributed by atoms with Gasteiger partial charge in [0.1, 0.15) is 11.4 Å². The molecule has 0 radical (unpaired) electrons. The molecule has 6 nitrogen and oxygen atoms in total. The van der Waals surface area contributed by atoms with E-state index in [0.29, 0.717) is 6.54 Å². The molecule has 1 aromatic rings. The highest BCUT2D eigenvalue weighted by Crippen LogP contribution is 2.35. The van der Waals surface area contributed by atoms with Crippen LogP contribution in [-0.4, -0.2) is 45.8 Å². The van der Waals surface area contributed by atoms with Crippen molar-refractivity contribution in [3.8, 4) is 0 Å². The first-order chi connectivity index (χ1) is 10.8. The SMILES string of the molecule is CC(=O)N1CCCC2(C1)Nc1cccnc1NC2=NC(C)(C)C. The standard InChI is InChI=1S/C17H25N5O/c1-12(23)22-10-6-8-17(11-22)15(21-16(2,3)4)19-14-13(20-17)7-5-9-18-14/h5,7,9,20H,6,8,10-11H2,1-4H3,(H,18,19,21). The van der Waals surface area contributed by atoms with Gasteiger partial charge in [0.15, 0.2) is 5.82 Å². The van der Waals surface area contributed by atoms with E-state index in [0.717, 1.165) is 36.7 Å². The molecule has 1 aromatic heterocycles. The second kappa shape index (κ2) is 5.51. The number of nitrogens with one attached hydrogen (secondary N) is 2. The summed E-state index contributed by atoms with van der Waals surface area (Å²) in [6, 6.07) is 3.93. The molecule has 0 saturated carbocycles. The Morgan fingerprint density at radius 2 is 2.22 bits per heavy atom. The molecule has 3 rings (SSSR count). The van der Waals surface area contributed by atoms with Crippen LogP contribution in [0.15, 0.2) is 23.3 Å². The Hall–Kier alpha value is -2.11. The molecule has 1 amide bonds. The largest absolute Gasteiger partial charge is 0.368 e. The number of carbonyl (C=O) groups is 1. The van der Waals surface area contributed by atoms with Crippen LogP contribution in [0.25, 0.3) is 0 Å². The fourth-order valence-electron chi connectivity index (χ4n) is 3.24. The quantitative estimate of drug-likeness (QED) is 0.772. The zero-order valence-electron chi connectivity index (χ0n) is 14.3. The number of carbonyl (C=O) groups excluding carboxylic acids is 1. The number of aromatic nitrogens is 1. The van der Waals surface area contributed by atoms with Crippen LogP contribution in [-0.2, 0) is 4.79 Å². The number of rotatable bonds is 0. The van der Waals surface area contributed by atoms with Gasteiger partial charge in [-0.1, -0.05) is 0 Å². The van der Waals surface area contributed by atoms with Gasteiger partial charge < -0.3 is 15.5 Å². The van der Waals surface area contributed by atoms with Crippen LogP contribution in [0.4, 0.5) is 11.5 Å². The third-order valence-electron chi connectivity index (χ3n) is 4.26. The van der Waals surface area contributed by atoms with Crippen molar-refractivity contribution in [3.63, 3.8) is 0 Å². The fourth-order valence-corrected chi connectivity index (χ4v) is 3.24. The van der Waals surface area contributed by atoms with Crippen molar-refractivity contribution in [1.29, 1.82) is 0 Å². The number of fused-ring (bicyclic) bond motifs is 1. The Labute approximate surface area is 137 Å². The molecule has 1 atom stereocenters. The van der Waals surface area contributed by atoms with E-state index in [9.17, 15) is 4.79 Å². The maximum Gasteiger partial charge on any atom is 0.219 e. The molecule has 2 aliphatic rings. The minimum Gasteiger partial charge on any atom is -0.368 e. The summed E-state index contributed by atoms with van der Waals surface area (Å²) >= 11 is 0. The molecule has 6 heteroatoms. The first kappa shape index (κ1) is 15.8. The predicted octanol–water partition coefficient (Wildman–Crippen LogP) is 2.50. The number of pyridine rings is 1. The molecule has 3 heterocycles. The van der Waals surface area contributed by atoms with E-state index >= 15 is 0 Å². The van der Waals surface area contributed by atoms with Crippen LogP contribution < -0.4 is 10.6 Å². The summed E-state index contributed by atoms with van der Waals surface area (Å²) in [7, 11) is 0. The summed E-state index contributed by atoms with van der Waals surface area (Å²) in [5.74, 6) is 1.78. The average molecular weight is 315 g/mol.